The molecule has 4 heteroatoms. The number of rotatable bonds is 6. The lowest BCUT2D eigenvalue weighted by Crippen LogP contribution is -2.39. The van der Waals surface area contributed by atoms with E-state index in [4.69, 9.17) is 14.7 Å². The normalized spacial score (nSPS) is 13.8. The van der Waals surface area contributed by atoms with E-state index in [1.165, 1.54) is 27.8 Å². The summed E-state index contributed by atoms with van der Waals surface area (Å²) in [7, 11) is 0. The van der Waals surface area contributed by atoms with E-state index in [1.807, 2.05) is 30.6 Å². The lowest BCUT2D eigenvalue weighted by molar-refractivity contribution is 0.481. The Hall–Kier alpha value is -6.52. The fourth-order valence-corrected chi connectivity index (χ4v) is 8.96. The van der Waals surface area contributed by atoms with E-state index >= 15 is 0 Å². The molecule has 304 valence electrons. The first kappa shape index (κ1) is 39.9. The highest BCUT2D eigenvalue weighted by Crippen LogP contribution is 2.59. The van der Waals surface area contributed by atoms with Crippen LogP contribution in [0.3, 0.4) is 0 Å². The van der Waals surface area contributed by atoms with Crippen molar-refractivity contribution in [3.63, 3.8) is 0 Å². The molecule has 0 saturated heterocycles. The van der Waals surface area contributed by atoms with E-state index in [9.17, 15) is 0 Å². The van der Waals surface area contributed by atoms with Gasteiger partial charge in [-0.15, -0.1) is 0 Å². The highest BCUT2D eigenvalue weighted by molar-refractivity contribution is 5.94. The topological polar surface area (TPSA) is 38.2 Å². The second-order valence-corrected chi connectivity index (χ2v) is 19.6. The minimum absolute atomic E-state index is 0.0365. The fraction of sp³-hybridized carbons (Fsp3) is 0.228. The highest BCUT2D eigenvalue weighted by Gasteiger charge is 2.48. The molecule has 6 aromatic carbocycles. The largest absolute Gasteiger partial charge is 0.457 e. The number of benzene rings is 6. The van der Waals surface area contributed by atoms with Crippen LogP contribution in [-0.2, 0) is 21.7 Å². The van der Waals surface area contributed by atoms with Crippen LogP contribution in [0, 0.1) is 0 Å². The van der Waals surface area contributed by atoms with Crippen molar-refractivity contribution in [1.29, 1.82) is 0 Å². The number of nitrogens with zero attached hydrogens (tertiary/aromatic N) is 3. The van der Waals surface area contributed by atoms with Crippen molar-refractivity contribution in [2.45, 2.75) is 84.0 Å². The maximum Gasteiger partial charge on any atom is 0.128 e. The molecule has 0 amide bonds. The molecule has 61 heavy (non-hydrogen) atoms. The summed E-state index contributed by atoms with van der Waals surface area (Å²) in [5.74, 6) is 1.49. The summed E-state index contributed by atoms with van der Waals surface area (Å²) in [5, 5.41) is 2.27. The van der Waals surface area contributed by atoms with E-state index < -0.39 is 5.41 Å². The van der Waals surface area contributed by atoms with Gasteiger partial charge in [-0.25, -0.2) is 0 Å². The first-order valence-electron chi connectivity index (χ1n) is 21.5. The van der Waals surface area contributed by atoms with Crippen molar-refractivity contribution >= 4 is 27.8 Å². The molecular formula is C57H55N3O. The fourth-order valence-electron chi connectivity index (χ4n) is 8.96. The zero-order valence-corrected chi connectivity index (χ0v) is 36.9. The SMILES string of the molecule is CC(C)(C)c1ccc(N2c3ccc(C(C)(C)C)cc3C(c3cccc(Oc4cccc(-c5nccc6ccccc56)c4)c3)(c3ccccn3)c3cc(C(C)(C)C)ccc32)cc1. The van der Waals surface area contributed by atoms with Crippen LogP contribution in [0.5, 0.6) is 11.5 Å². The third kappa shape index (κ3) is 7.18. The summed E-state index contributed by atoms with van der Waals surface area (Å²) < 4.78 is 6.87. The van der Waals surface area contributed by atoms with Crippen molar-refractivity contribution in [3.8, 4) is 22.8 Å². The van der Waals surface area contributed by atoms with Crippen LogP contribution in [-0.4, -0.2) is 9.97 Å². The number of pyridine rings is 2. The van der Waals surface area contributed by atoms with Gasteiger partial charge in [-0.1, -0.05) is 153 Å². The predicted molar refractivity (Wildman–Crippen MR) is 254 cm³/mol. The van der Waals surface area contributed by atoms with Crippen LogP contribution in [0.25, 0.3) is 22.0 Å². The Morgan fingerprint density at radius 3 is 1.69 bits per heavy atom. The molecule has 0 radical (unpaired) electrons. The Morgan fingerprint density at radius 1 is 0.475 bits per heavy atom. The Morgan fingerprint density at radius 2 is 1.07 bits per heavy atom. The van der Waals surface area contributed by atoms with Gasteiger partial charge in [0.1, 0.15) is 11.5 Å². The monoisotopic (exact) mass is 797 g/mol. The molecule has 2 aromatic heterocycles. The Labute approximate surface area is 362 Å². The van der Waals surface area contributed by atoms with E-state index in [1.54, 1.807) is 0 Å². The molecular weight excluding hydrogens is 743 g/mol. The van der Waals surface area contributed by atoms with Gasteiger partial charge < -0.3 is 9.64 Å². The zero-order chi connectivity index (χ0) is 42.7. The van der Waals surface area contributed by atoms with Crippen LogP contribution in [0.15, 0.2) is 170 Å². The number of ether oxygens (including phenoxy) is 1. The molecule has 0 aliphatic carbocycles. The lowest BCUT2D eigenvalue weighted by atomic mass is 9.62. The van der Waals surface area contributed by atoms with Crippen molar-refractivity contribution in [2.24, 2.45) is 0 Å². The Balaban J connectivity index is 1.29. The van der Waals surface area contributed by atoms with E-state index in [2.05, 4.69) is 207 Å². The van der Waals surface area contributed by atoms with Gasteiger partial charge in [0.25, 0.3) is 0 Å². The summed E-state index contributed by atoms with van der Waals surface area (Å²) in [5.41, 5.74) is 12.5. The van der Waals surface area contributed by atoms with Crippen LogP contribution >= 0.6 is 0 Å². The second-order valence-electron chi connectivity index (χ2n) is 19.6. The first-order chi connectivity index (χ1) is 29.1. The summed E-state index contributed by atoms with van der Waals surface area (Å²) >= 11 is 0. The maximum atomic E-state index is 6.87. The Bertz CT molecular complexity index is 2820. The molecule has 0 N–H and O–H groups in total. The number of hydrogen-bond donors (Lipinski definition) is 0. The average Bonchev–Trinajstić information content (AvgIpc) is 3.24. The zero-order valence-electron chi connectivity index (χ0n) is 36.9. The van der Waals surface area contributed by atoms with Gasteiger partial charge in [0, 0.05) is 29.0 Å². The van der Waals surface area contributed by atoms with Crippen LogP contribution in [0.1, 0.15) is 101 Å². The van der Waals surface area contributed by atoms with E-state index in [0.29, 0.717) is 0 Å². The van der Waals surface area contributed by atoms with Crippen molar-refractivity contribution < 1.29 is 4.74 Å². The number of fused-ring (bicyclic) bond motifs is 3. The van der Waals surface area contributed by atoms with Gasteiger partial charge in [-0.3, -0.25) is 9.97 Å². The molecule has 3 heterocycles. The number of hydrogen-bond acceptors (Lipinski definition) is 4. The van der Waals surface area contributed by atoms with Crippen LogP contribution < -0.4 is 9.64 Å². The standard InChI is InChI=1S/C57H55N3O/c1-54(2,3)40-23-27-44(28-24-40)60-50-29-25-41(55(4,5)6)36-48(50)57(52-22-12-13-32-58-52,49-37-42(56(7,8)9)26-30-51(49)60)43-18-15-20-46(35-43)61-45-19-14-17-39(34-45)53-47-21-11-10-16-38(47)31-33-59-53/h10-37H,1-9H3. The van der Waals surface area contributed by atoms with Gasteiger partial charge in [0.2, 0.25) is 0 Å². The van der Waals surface area contributed by atoms with Crippen molar-refractivity contribution in [1.82, 2.24) is 9.97 Å². The minimum Gasteiger partial charge on any atom is -0.457 e. The Kier molecular flexibility index (Phi) is 9.74. The molecule has 9 rings (SSSR count). The molecule has 4 nitrogen and oxygen atoms in total. The van der Waals surface area contributed by atoms with Gasteiger partial charge in [0.15, 0.2) is 0 Å². The first-order valence-corrected chi connectivity index (χ1v) is 21.5. The average molecular weight is 798 g/mol. The summed E-state index contributed by atoms with van der Waals surface area (Å²) in [4.78, 5) is 12.6. The number of anilines is 3. The van der Waals surface area contributed by atoms with Crippen LogP contribution in [0.4, 0.5) is 17.1 Å². The molecule has 0 bridgehead atoms. The third-order valence-corrected chi connectivity index (χ3v) is 12.3. The lowest BCUT2D eigenvalue weighted by Gasteiger charge is -2.47. The molecule has 0 saturated carbocycles. The molecule has 0 fully saturated rings. The summed E-state index contributed by atoms with van der Waals surface area (Å²) in [6.45, 7) is 20.6. The quantitative estimate of drug-likeness (QED) is 0.168. The smallest absolute Gasteiger partial charge is 0.128 e. The van der Waals surface area contributed by atoms with Gasteiger partial charge in [-0.2, -0.15) is 0 Å². The second kappa shape index (κ2) is 14.9. The molecule has 1 aliphatic rings. The van der Waals surface area contributed by atoms with Crippen molar-refractivity contribution in [2.75, 3.05) is 4.90 Å². The highest BCUT2D eigenvalue weighted by atomic mass is 16.5. The molecule has 0 unspecified atom stereocenters. The van der Waals surface area contributed by atoms with E-state index in [0.717, 1.165) is 61.8 Å². The van der Waals surface area contributed by atoms with Gasteiger partial charge in [0.05, 0.1) is 28.2 Å². The minimum atomic E-state index is -0.815. The van der Waals surface area contributed by atoms with Crippen molar-refractivity contribution in [3.05, 3.63) is 209 Å². The molecule has 0 spiro atoms. The van der Waals surface area contributed by atoms with Gasteiger partial charge >= 0.3 is 0 Å². The maximum absolute atomic E-state index is 6.87. The molecule has 0 atom stereocenters. The van der Waals surface area contributed by atoms with Gasteiger partial charge in [-0.05, 0) is 122 Å². The van der Waals surface area contributed by atoms with Crippen LogP contribution in [0.2, 0.25) is 0 Å². The van der Waals surface area contributed by atoms with E-state index in [-0.39, 0.29) is 16.2 Å². The summed E-state index contributed by atoms with van der Waals surface area (Å²) in [6.07, 6.45) is 3.81. The third-order valence-electron chi connectivity index (χ3n) is 12.3. The number of aromatic nitrogens is 2. The molecule has 1 aliphatic heterocycles. The molecule has 8 aromatic rings. The summed E-state index contributed by atoms with van der Waals surface area (Å²) in [6, 6.07) is 57.0. The predicted octanol–water partition coefficient (Wildman–Crippen LogP) is 15.1.